The van der Waals surface area contributed by atoms with Crippen molar-refractivity contribution in [3.63, 3.8) is 0 Å². The summed E-state index contributed by atoms with van der Waals surface area (Å²) in [7, 11) is -3.65. The van der Waals surface area contributed by atoms with Crippen molar-refractivity contribution >= 4 is 10.0 Å². The van der Waals surface area contributed by atoms with Gasteiger partial charge in [-0.1, -0.05) is 13.3 Å². The first kappa shape index (κ1) is 16.5. The topological polar surface area (TPSA) is 74.6 Å². The molecule has 120 valence electrons. The second kappa shape index (κ2) is 6.91. The minimum absolute atomic E-state index is 0.0274. The van der Waals surface area contributed by atoms with Crippen molar-refractivity contribution in [2.45, 2.75) is 63.8 Å². The number of sulfonamides is 1. The van der Waals surface area contributed by atoms with E-state index in [0.717, 1.165) is 25.8 Å². The van der Waals surface area contributed by atoms with Crippen LogP contribution < -0.4 is 10.1 Å². The van der Waals surface area contributed by atoms with Gasteiger partial charge in [-0.05, 0) is 45.4 Å². The molecule has 0 aliphatic carbocycles. The minimum atomic E-state index is -3.65. The van der Waals surface area contributed by atoms with Gasteiger partial charge in [-0.25, -0.2) is 13.4 Å². The summed E-state index contributed by atoms with van der Waals surface area (Å²) in [5, 5.41) is 4.90. The monoisotopic (exact) mass is 315 g/mol. The van der Waals surface area contributed by atoms with Crippen LogP contribution in [0.4, 0.5) is 0 Å². The zero-order valence-electron chi connectivity index (χ0n) is 12.9. The number of piperidine rings is 1. The molecule has 2 rings (SSSR count). The Bertz CT molecular complexity index is 546. The maximum absolute atomic E-state index is 12.4. The lowest BCUT2D eigenvalue weighted by molar-refractivity contribution is 0.0783. The summed E-state index contributed by atoms with van der Waals surface area (Å²) in [4.78, 5) is 2.67. The Balaban J connectivity index is 2.08. The molecule has 1 aliphatic heterocycles. The van der Waals surface area contributed by atoms with E-state index in [1.165, 1.54) is 6.07 Å². The zero-order chi connectivity index (χ0) is 15.5. The van der Waals surface area contributed by atoms with Gasteiger partial charge in [0.25, 0.3) is 10.0 Å². The molecule has 1 aliphatic rings. The van der Waals surface area contributed by atoms with Gasteiger partial charge in [-0.3, -0.25) is 0 Å². The van der Waals surface area contributed by atoms with Crippen molar-refractivity contribution in [1.82, 2.24) is 15.2 Å². The van der Waals surface area contributed by atoms with Gasteiger partial charge in [0.15, 0.2) is 0 Å². The highest BCUT2D eigenvalue weighted by Crippen LogP contribution is 2.22. The largest absolute Gasteiger partial charge is 0.447 e. The maximum atomic E-state index is 12.4. The van der Waals surface area contributed by atoms with Gasteiger partial charge in [-0.2, -0.15) is 0 Å². The molecule has 2 heterocycles. The van der Waals surface area contributed by atoms with E-state index in [1.807, 2.05) is 25.8 Å². The molecule has 7 heteroatoms. The Morgan fingerprint density at radius 3 is 2.57 bits per heavy atom. The lowest BCUT2D eigenvalue weighted by atomic mass is 10.0. The Labute approximate surface area is 126 Å². The second-order valence-corrected chi connectivity index (χ2v) is 7.22. The fraction of sp³-hybridized carbons (Fsp3) is 0.714. The van der Waals surface area contributed by atoms with Crippen LogP contribution in [0.1, 0.15) is 45.8 Å². The van der Waals surface area contributed by atoms with Gasteiger partial charge in [0, 0.05) is 12.1 Å². The zero-order valence-corrected chi connectivity index (χ0v) is 13.7. The normalized spacial score (nSPS) is 24.3. The van der Waals surface area contributed by atoms with Crippen LogP contribution in [0.2, 0.25) is 0 Å². The number of hydrogen-bond acceptors (Lipinski definition) is 5. The Morgan fingerprint density at radius 2 is 1.95 bits per heavy atom. The number of nitrogens with zero attached hydrogens (tertiary/aromatic N) is 1. The molecule has 2 unspecified atom stereocenters. The standard InChI is InChI=1S/C14H25N3O3S/c1-4-15-10-13-8-9-14(20-13)21(18,19)16-17-11(2)6-5-7-12(17)3/h8-9,11-12,15-16H,4-7,10H2,1-3H3. The van der Waals surface area contributed by atoms with Gasteiger partial charge in [0.05, 0.1) is 6.54 Å². The van der Waals surface area contributed by atoms with E-state index >= 15 is 0 Å². The molecule has 1 saturated heterocycles. The van der Waals surface area contributed by atoms with E-state index in [1.54, 1.807) is 6.07 Å². The summed E-state index contributed by atoms with van der Waals surface area (Å²) < 4.78 is 30.2. The van der Waals surface area contributed by atoms with Crippen LogP contribution >= 0.6 is 0 Å². The molecule has 0 aromatic carbocycles. The number of nitrogens with one attached hydrogen (secondary N) is 2. The first-order chi connectivity index (χ1) is 9.94. The number of hydrogen-bond donors (Lipinski definition) is 2. The van der Waals surface area contributed by atoms with Crippen LogP contribution in [0.15, 0.2) is 21.6 Å². The van der Waals surface area contributed by atoms with Crippen LogP contribution in [0.3, 0.4) is 0 Å². The van der Waals surface area contributed by atoms with Crippen molar-refractivity contribution in [3.8, 4) is 0 Å². The van der Waals surface area contributed by atoms with Crippen LogP contribution in [-0.4, -0.2) is 32.1 Å². The van der Waals surface area contributed by atoms with Gasteiger partial charge in [0.1, 0.15) is 5.76 Å². The highest BCUT2D eigenvalue weighted by atomic mass is 32.2. The third kappa shape index (κ3) is 4.06. The third-order valence-electron chi connectivity index (χ3n) is 3.87. The molecule has 1 aromatic rings. The fourth-order valence-corrected chi connectivity index (χ4v) is 3.82. The Kier molecular flexibility index (Phi) is 5.43. The molecule has 1 aromatic heterocycles. The highest BCUT2D eigenvalue weighted by Gasteiger charge is 2.30. The molecular weight excluding hydrogens is 290 g/mol. The van der Waals surface area contributed by atoms with Crippen LogP contribution in [-0.2, 0) is 16.6 Å². The Morgan fingerprint density at radius 1 is 1.29 bits per heavy atom. The first-order valence-electron chi connectivity index (χ1n) is 7.54. The van der Waals surface area contributed by atoms with E-state index in [0.29, 0.717) is 12.3 Å². The lowest BCUT2D eigenvalue weighted by Crippen LogP contribution is -2.53. The van der Waals surface area contributed by atoms with Crippen molar-refractivity contribution in [1.29, 1.82) is 0 Å². The molecule has 0 saturated carbocycles. The van der Waals surface area contributed by atoms with E-state index in [-0.39, 0.29) is 17.2 Å². The van der Waals surface area contributed by atoms with Crippen LogP contribution in [0.25, 0.3) is 0 Å². The molecule has 21 heavy (non-hydrogen) atoms. The lowest BCUT2D eigenvalue weighted by Gasteiger charge is -2.38. The molecule has 0 radical (unpaired) electrons. The van der Waals surface area contributed by atoms with E-state index in [2.05, 4.69) is 10.1 Å². The summed E-state index contributed by atoms with van der Waals surface area (Å²) in [5.41, 5.74) is 0. The molecule has 0 spiro atoms. The molecule has 2 atom stereocenters. The molecule has 2 N–H and O–H groups in total. The summed E-state index contributed by atoms with van der Waals surface area (Å²) in [5.74, 6) is 0.622. The predicted molar refractivity (Wildman–Crippen MR) is 81.0 cm³/mol. The summed E-state index contributed by atoms with van der Waals surface area (Å²) in [6.07, 6.45) is 3.13. The number of hydrazine groups is 1. The fourth-order valence-electron chi connectivity index (χ4n) is 2.63. The van der Waals surface area contributed by atoms with E-state index in [9.17, 15) is 8.42 Å². The third-order valence-corrected chi connectivity index (χ3v) is 5.07. The van der Waals surface area contributed by atoms with Crippen LogP contribution in [0.5, 0.6) is 0 Å². The van der Waals surface area contributed by atoms with Gasteiger partial charge >= 0.3 is 0 Å². The van der Waals surface area contributed by atoms with E-state index < -0.39 is 10.0 Å². The summed E-state index contributed by atoms with van der Waals surface area (Å²) >= 11 is 0. The molecule has 0 bridgehead atoms. The molecular formula is C14H25N3O3S. The first-order valence-corrected chi connectivity index (χ1v) is 9.02. The maximum Gasteiger partial charge on any atom is 0.286 e. The minimum Gasteiger partial charge on any atom is -0.447 e. The van der Waals surface area contributed by atoms with Crippen molar-refractivity contribution < 1.29 is 12.8 Å². The summed E-state index contributed by atoms with van der Waals surface area (Å²) in [6.45, 7) is 7.40. The highest BCUT2D eigenvalue weighted by molar-refractivity contribution is 7.89. The predicted octanol–water partition coefficient (Wildman–Crippen LogP) is 1.85. The van der Waals surface area contributed by atoms with Crippen molar-refractivity contribution in [2.75, 3.05) is 6.54 Å². The number of furan rings is 1. The molecule has 1 fully saturated rings. The van der Waals surface area contributed by atoms with Crippen LogP contribution in [0, 0.1) is 0 Å². The van der Waals surface area contributed by atoms with Crippen molar-refractivity contribution in [3.05, 3.63) is 17.9 Å². The van der Waals surface area contributed by atoms with E-state index in [4.69, 9.17) is 4.42 Å². The van der Waals surface area contributed by atoms with Gasteiger partial charge in [0.2, 0.25) is 5.09 Å². The quantitative estimate of drug-likeness (QED) is 0.838. The second-order valence-electron chi connectivity index (χ2n) is 5.63. The number of rotatable bonds is 6. The average molecular weight is 315 g/mol. The molecule has 6 nitrogen and oxygen atoms in total. The van der Waals surface area contributed by atoms with Gasteiger partial charge < -0.3 is 9.73 Å². The van der Waals surface area contributed by atoms with Crippen molar-refractivity contribution in [2.24, 2.45) is 0 Å². The molecule has 0 amide bonds. The van der Waals surface area contributed by atoms with Gasteiger partial charge in [-0.15, -0.1) is 4.83 Å². The Hall–Kier alpha value is -0.890. The smallest absolute Gasteiger partial charge is 0.286 e. The summed E-state index contributed by atoms with van der Waals surface area (Å²) in [6, 6.07) is 3.59. The average Bonchev–Trinajstić information content (AvgIpc) is 2.90. The SMILES string of the molecule is CCNCc1ccc(S(=O)(=O)NN2C(C)CCCC2C)o1.